The summed E-state index contributed by atoms with van der Waals surface area (Å²) >= 11 is 0. The molecule has 1 aliphatic rings. The van der Waals surface area contributed by atoms with Crippen molar-refractivity contribution in [3.63, 3.8) is 0 Å². The molecule has 1 fully saturated rings. The van der Waals surface area contributed by atoms with E-state index in [1.54, 1.807) is 4.52 Å². The number of rotatable bonds is 9. The van der Waals surface area contributed by atoms with Crippen molar-refractivity contribution in [1.29, 1.82) is 0 Å². The Morgan fingerprint density at radius 1 is 1.15 bits per heavy atom. The number of fused-ring (bicyclic) bond motifs is 1. The highest BCUT2D eigenvalue weighted by molar-refractivity contribution is 5.61. The third kappa shape index (κ3) is 5.33. The standard InChI is InChI=1S/C23H36N10/c1-4-5-17(3)28-23-29-20(25)22-27-15-19(33(22)30-23)13-18-12-16(2)21(26-14-18)32-10-8-31(7-6-24)9-11-32/h12,14-15,17H,4-11,13,24H2,1-3H3,(H3,25,28,29,30)/t17-/m0/s1. The average molecular weight is 453 g/mol. The summed E-state index contributed by atoms with van der Waals surface area (Å²) in [5, 5.41) is 8.00. The quantitative estimate of drug-likeness (QED) is 0.444. The second kappa shape index (κ2) is 10.3. The van der Waals surface area contributed by atoms with Gasteiger partial charge < -0.3 is 21.7 Å². The first-order chi connectivity index (χ1) is 16.0. The summed E-state index contributed by atoms with van der Waals surface area (Å²) in [4.78, 5) is 18.4. The van der Waals surface area contributed by atoms with Crippen molar-refractivity contribution >= 4 is 23.2 Å². The predicted octanol–water partition coefficient (Wildman–Crippen LogP) is 1.68. The second-order valence-corrected chi connectivity index (χ2v) is 8.92. The molecule has 3 aromatic heterocycles. The van der Waals surface area contributed by atoms with E-state index in [1.807, 2.05) is 12.4 Å². The zero-order chi connectivity index (χ0) is 23.4. The third-order valence-electron chi connectivity index (χ3n) is 6.17. The van der Waals surface area contributed by atoms with Crippen LogP contribution < -0.4 is 21.7 Å². The number of nitrogen functional groups attached to an aromatic ring is 1. The normalized spacial score (nSPS) is 15.8. The minimum Gasteiger partial charge on any atom is -0.380 e. The van der Waals surface area contributed by atoms with E-state index in [1.165, 1.54) is 5.56 Å². The van der Waals surface area contributed by atoms with Crippen LogP contribution in [0.25, 0.3) is 5.65 Å². The second-order valence-electron chi connectivity index (χ2n) is 8.92. The van der Waals surface area contributed by atoms with Crippen LogP contribution in [-0.4, -0.2) is 74.8 Å². The Morgan fingerprint density at radius 2 is 1.94 bits per heavy atom. The van der Waals surface area contributed by atoms with Gasteiger partial charge in [0, 0.05) is 57.9 Å². The van der Waals surface area contributed by atoms with Crippen molar-refractivity contribution in [2.75, 3.05) is 55.2 Å². The smallest absolute Gasteiger partial charge is 0.243 e. The van der Waals surface area contributed by atoms with E-state index in [2.05, 4.69) is 57.0 Å². The van der Waals surface area contributed by atoms with Crippen LogP contribution in [0.5, 0.6) is 0 Å². The van der Waals surface area contributed by atoms with Crippen molar-refractivity contribution in [2.24, 2.45) is 5.73 Å². The molecule has 0 radical (unpaired) electrons. The lowest BCUT2D eigenvalue weighted by Gasteiger charge is -2.35. The lowest BCUT2D eigenvalue weighted by atomic mass is 10.1. The fourth-order valence-corrected chi connectivity index (χ4v) is 4.48. The van der Waals surface area contributed by atoms with Gasteiger partial charge in [-0.15, -0.1) is 5.10 Å². The summed E-state index contributed by atoms with van der Waals surface area (Å²) in [7, 11) is 0. The molecule has 0 amide bonds. The van der Waals surface area contributed by atoms with Gasteiger partial charge in [0.2, 0.25) is 5.95 Å². The van der Waals surface area contributed by atoms with E-state index < -0.39 is 0 Å². The number of aromatic nitrogens is 5. The molecule has 10 nitrogen and oxygen atoms in total. The molecule has 0 spiro atoms. The third-order valence-corrected chi connectivity index (χ3v) is 6.17. The topological polar surface area (TPSA) is 127 Å². The van der Waals surface area contributed by atoms with Crippen molar-refractivity contribution in [1.82, 2.24) is 29.5 Å². The molecule has 3 aromatic rings. The van der Waals surface area contributed by atoms with Gasteiger partial charge >= 0.3 is 0 Å². The molecular weight excluding hydrogens is 416 g/mol. The number of pyridine rings is 1. The van der Waals surface area contributed by atoms with E-state index in [-0.39, 0.29) is 6.04 Å². The highest BCUT2D eigenvalue weighted by Crippen LogP contribution is 2.22. The van der Waals surface area contributed by atoms with Crippen LogP contribution in [0.1, 0.15) is 43.5 Å². The number of hydrogen-bond acceptors (Lipinski definition) is 9. The highest BCUT2D eigenvalue weighted by atomic mass is 15.3. The van der Waals surface area contributed by atoms with Gasteiger partial charge in [0.1, 0.15) is 5.82 Å². The fraction of sp³-hybridized carbons (Fsp3) is 0.565. The van der Waals surface area contributed by atoms with Gasteiger partial charge in [0.25, 0.3) is 0 Å². The maximum absolute atomic E-state index is 6.17. The molecular formula is C23H36N10. The summed E-state index contributed by atoms with van der Waals surface area (Å²) in [5.41, 5.74) is 15.7. The largest absolute Gasteiger partial charge is 0.380 e. The highest BCUT2D eigenvalue weighted by Gasteiger charge is 2.19. The van der Waals surface area contributed by atoms with Crippen LogP contribution in [0.2, 0.25) is 0 Å². The molecule has 1 saturated heterocycles. The zero-order valence-corrected chi connectivity index (χ0v) is 20.0. The van der Waals surface area contributed by atoms with E-state index in [4.69, 9.17) is 16.5 Å². The molecule has 1 atom stereocenters. The van der Waals surface area contributed by atoms with Crippen LogP contribution in [-0.2, 0) is 6.42 Å². The summed E-state index contributed by atoms with van der Waals surface area (Å²) in [6, 6.07) is 2.48. The van der Waals surface area contributed by atoms with Crippen LogP contribution in [0.3, 0.4) is 0 Å². The number of anilines is 3. The number of nitrogens with zero attached hydrogens (tertiary/aromatic N) is 7. The first kappa shape index (κ1) is 23.2. The Balaban J connectivity index is 1.50. The number of nitrogens with one attached hydrogen (secondary N) is 1. The maximum atomic E-state index is 6.17. The minimum atomic E-state index is 0.274. The Labute approximate surface area is 195 Å². The van der Waals surface area contributed by atoms with Crippen LogP contribution >= 0.6 is 0 Å². The molecule has 10 heteroatoms. The van der Waals surface area contributed by atoms with Crippen LogP contribution in [0.15, 0.2) is 18.5 Å². The molecule has 0 bridgehead atoms. The fourth-order valence-electron chi connectivity index (χ4n) is 4.48. The lowest BCUT2D eigenvalue weighted by molar-refractivity contribution is 0.264. The van der Waals surface area contributed by atoms with Gasteiger partial charge in [-0.3, -0.25) is 4.90 Å². The Hall–Kier alpha value is -2.98. The monoisotopic (exact) mass is 452 g/mol. The van der Waals surface area contributed by atoms with Crippen molar-refractivity contribution in [2.45, 2.75) is 46.1 Å². The number of imidazole rings is 1. The summed E-state index contributed by atoms with van der Waals surface area (Å²) in [6.45, 7) is 12.1. The molecule has 0 aliphatic carbocycles. The predicted molar refractivity (Wildman–Crippen MR) is 133 cm³/mol. The Morgan fingerprint density at radius 3 is 2.64 bits per heavy atom. The SMILES string of the molecule is CCC[C@H](C)Nc1nc(N)c2ncc(Cc3cnc(N4CCN(CCN)CC4)c(C)c3)n2n1. The Bertz CT molecular complexity index is 1070. The van der Waals surface area contributed by atoms with Gasteiger partial charge in [-0.25, -0.2) is 14.5 Å². The molecule has 0 aromatic carbocycles. The molecule has 5 N–H and O–H groups in total. The molecule has 0 unspecified atom stereocenters. The summed E-state index contributed by atoms with van der Waals surface area (Å²) < 4.78 is 1.79. The molecule has 1 aliphatic heterocycles. The van der Waals surface area contributed by atoms with Gasteiger partial charge in [0.05, 0.1) is 11.9 Å². The number of hydrogen-bond donors (Lipinski definition) is 3. The first-order valence-electron chi connectivity index (χ1n) is 11.9. The molecule has 178 valence electrons. The maximum Gasteiger partial charge on any atom is 0.243 e. The van der Waals surface area contributed by atoms with E-state index >= 15 is 0 Å². The molecule has 0 saturated carbocycles. The molecule has 33 heavy (non-hydrogen) atoms. The number of aryl methyl sites for hydroxylation is 1. The number of nitrogens with two attached hydrogens (primary N) is 2. The van der Waals surface area contributed by atoms with Crippen LogP contribution in [0.4, 0.5) is 17.6 Å². The van der Waals surface area contributed by atoms with Crippen molar-refractivity contribution < 1.29 is 0 Å². The summed E-state index contributed by atoms with van der Waals surface area (Å²) in [6.07, 6.45) is 6.58. The van der Waals surface area contributed by atoms with E-state index in [9.17, 15) is 0 Å². The average Bonchev–Trinajstić information content (AvgIpc) is 3.18. The Kier molecular flexibility index (Phi) is 7.24. The van der Waals surface area contributed by atoms with Crippen molar-refractivity contribution in [3.8, 4) is 0 Å². The first-order valence-corrected chi connectivity index (χ1v) is 11.9. The summed E-state index contributed by atoms with van der Waals surface area (Å²) in [5.74, 6) is 1.96. The molecule has 4 heterocycles. The van der Waals surface area contributed by atoms with Gasteiger partial charge in [-0.2, -0.15) is 4.98 Å². The molecule has 4 rings (SSSR count). The van der Waals surface area contributed by atoms with Crippen molar-refractivity contribution in [3.05, 3.63) is 35.3 Å². The lowest BCUT2D eigenvalue weighted by Crippen LogP contribution is -2.48. The van der Waals surface area contributed by atoms with Gasteiger partial charge in [-0.1, -0.05) is 19.4 Å². The van der Waals surface area contributed by atoms with Gasteiger partial charge in [0.15, 0.2) is 11.5 Å². The van der Waals surface area contributed by atoms with Gasteiger partial charge in [-0.05, 0) is 31.4 Å². The zero-order valence-electron chi connectivity index (χ0n) is 20.0. The van der Waals surface area contributed by atoms with E-state index in [0.717, 1.165) is 62.6 Å². The van der Waals surface area contributed by atoms with Crippen LogP contribution in [0, 0.1) is 6.92 Å². The number of piperazine rings is 1. The van der Waals surface area contributed by atoms with E-state index in [0.29, 0.717) is 30.4 Å². The minimum absolute atomic E-state index is 0.274.